The summed E-state index contributed by atoms with van der Waals surface area (Å²) < 4.78 is 17.0. The third kappa shape index (κ3) is 7.45. The Bertz CT molecular complexity index is 1680. The number of urea groups is 1. The highest BCUT2D eigenvalue weighted by molar-refractivity contribution is 6.04. The van der Waals surface area contributed by atoms with Gasteiger partial charge in [0.15, 0.2) is 11.6 Å². The smallest absolute Gasteiger partial charge is 0.315 e. The van der Waals surface area contributed by atoms with Crippen LogP contribution in [0.25, 0.3) is 11.3 Å². The van der Waals surface area contributed by atoms with Crippen molar-refractivity contribution in [3.05, 3.63) is 106 Å². The lowest BCUT2D eigenvalue weighted by Crippen LogP contribution is -2.36. The van der Waals surface area contributed by atoms with Gasteiger partial charge in [-0.3, -0.25) is 9.59 Å². The predicted octanol–water partition coefficient (Wildman–Crippen LogP) is 6.26. The van der Waals surface area contributed by atoms with E-state index >= 15 is 4.39 Å². The molecule has 0 spiro atoms. The second kappa shape index (κ2) is 12.9. The van der Waals surface area contributed by atoms with Crippen LogP contribution in [0.5, 0.6) is 0 Å². The Morgan fingerprint density at radius 2 is 1.67 bits per heavy atom. The molecule has 0 saturated heterocycles. The maximum absolute atomic E-state index is 15.7. The van der Waals surface area contributed by atoms with E-state index in [0.29, 0.717) is 17.8 Å². The van der Waals surface area contributed by atoms with Crippen LogP contribution in [-0.2, 0) is 12.5 Å². The van der Waals surface area contributed by atoms with Gasteiger partial charge in [0.2, 0.25) is 0 Å². The number of nitrogens with one attached hydrogen (secondary N) is 4. The van der Waals surface area contributed by atoms with Gasteiger partial charge in [-0.15, -0.1) is 0 Å². The number of aryl methyl sites for hydroxylation is 1. The van der Waals surface area contributed by atoms with E-state index in [9.17, 15) is 14.4 Å². The molecule has 0 saturated carbocycles. The second-order valence-corrected chi connectivity index (χ2v) is 11.3. The van der Waals surface area contributed by atoms with Gasteiger partial charge < -0.3 is 25.8 Å². The summed E-state index contributed by atoms with van der Waals surface area (Å²) in [6.45, 7) is 10.5. The van der Waals surface area contributed by atoms with Gasteiger partial charge in [-0.25, -0.2) is 14.2 Å². The Hall–Kier alpha value is -4.99. The first kappa shape index (κ1) is 31.0. The Labute approximate surface area is 250 Å². The second-order valence-electron chi connectivity index (χ2n) is 11.3. The average molecular weight is 585 g/mol. The van der Waals surface area contributed by atoms with Crippen LogP contribution in [0.3, 0.4) is 0 Å². The van der Waals surface area contributed by atoms with Gasteiger partial charge in [0.05, 0.1) is 17.4 Å². The number of aromatic nitrogens is 2. The number of rotatable bonds is 8. The molecular formula is C33H37FN6O3. The topological polar surface area (TPSA) is 117 Å². The van der Waals surface area contributed by atoms with Crippen LogP contribution in [0.15, 0.2) is 77.7 Å². The van der Waals surface area contributed by atoms with Crippen molar-refractivity contribution in [2.45, 2.75) is 46.1 Å². The maximum Gasteiger partial charge on any atom is 0.315 e. The number of benzene rings is 3. The summed E-state index contributed by atoms with van der Waals surface area (Å²) in [4.78, 5) is 42.0. The van der Waals surface area contributed by atoms with E-state index in [2.05, 4.69) is 47.0 Å². The number of halogens is 1. The van der Waals surface area contributed by atoms with Crippen LogP contribution in [0.1, 0.15) is 62.1 Å². The largest absolute Gasteiger partial charge is 0.338 e. The molecule has 9 nitrogen and oxygen atoms in total. The van der Waals surface area contributed by atoms with Crippen molar-refractivity contribution in [3.8, 4) is 11.3 Å². The fraction of sp³-hybridized carbons (Fsp3) is 0.273. The average Bonchev–Trinajstić information content (AvgIpc) is 2.96. The molecule has 0 bridgehead atoms. The minimum atomic E-state index is -0.669. The maximum atomic E-state index is 15.7. The summed E-state index contributed by atoms with van der Waals surface area (Å²) >= 11 is 0. The molecule has 1 aromatic heterocycles. The zero-order chi connectivity index (χ0) is 31.3. The first-order valence-electron chi connectivity index (χ1n) is 14.1. The van der Waals surface area contributed by atoms with Crippen molar-refractivity contribution >= 4 is 29.1 Å². The van der Waals surface area contributed by atoms with Crippen molar-refractivity contribution in [1.29, 1.82) is 0 Å². The monoisotopic (exact) mass is 584 g/mol. The van der Waals surface area contributed by atoms with Gasteiger partial charge in [0.25, 0.3) is 11.5 Å². The van der Waals surface area contributed by atoms with Crippen molar-refractivity contribution < 1.29 is 14.0 Å². The van der Waals surface area contributed by atoms with E-state index in [4.69, 9.17) is 0 Å². The predicted molar refractivity (Wildman–Crippen MR) is 168 cm³/mol. The minimum Gasteiger partial charge on any atom is -0.338 e. The lowest BCUT2D eigenvalue weighted by Gasteiger charge is -2.19. The molecule has 1 unspecified atom stereocenters. The first-order chi connectivity index (χ1) is 20.4. The number of carbonyl (C=O) groups is 2. The van der Waals surface area contributed by atoms with Gasteiger partial charge in [0.1, 0.15) is 0 Å². The van der Waals surface area contributed by atoms with Gasteiger partial charge in [-0.2, -0.15) is 0 Å². The third-order valence-electron chi connectivity index (χ3n) is 6.97. The van der Waals surface area contributed by atoms with E-state index in [-0.39, 0.29) is 40.3 Å². The van der Waals surface area contributed by atoms with E-state index in [1.807, 2.05) is 38.1 Å². The van der Waals surface area contributed by atoms with Crippen LogP contribution in [0.2, 0.25) is 0 Å². The highest BCUT2D eigenvalue weighted by atomic mass is 19.1. The van der Waals surface area contributed by atoms with Crippen LogP contribution in [0.4, 0.5) is 26.4 Å². The highest BCUT2D eigenvalue weighted by Gasteiger charge is 2.18. The summed E-state index contributed by atoms with van der Waals surface area (Å²) in [7, 11) is 1.56. The molecule has 1 atom stereocenters. The summed E-state index contributed by atoms with van der Waals surface area (Å²) in [5, 5.41) is 11.2. The van der Waals surface area contributed by atoms with Crippen LogP contribution < -0.4 is 26.8 Å². The normalized spacial score (nSPS) is 11.9. The standard InChI is InChI=1S/C33H37FN6O3/c1-7-35-32(43)36-20(2)21-13-17-24(18-14-21)37-29-31(42)40(6)19-27(38-29)25-9-8-10-26(28(25)34)39-30(41)22-11-15-23(16-12-22)33(3,4)5/h8-20H,7H2,1-6H3,(H,37,38)(H,39,41)(H2,35,36,43). The zero-order valence-electron chi connectivity index (χ0n) is 25.2. The summed E-state index contributed by atoms with van der Waals surface area (Å²) in [5.41, 5.74) is 2.84. The number of carbonyl (C=O) groups excluding carboxylic acids is 2. The van der Waals surface area contributed by atoms with Crippen molar-refractivity contribution in [3.63, 3.8) is 0 Å². The SMILES string of the molecule is CCNC(=O)NC(C)c1ccc(Nc2nc(-c3cccc(NC(=O)c4ccc(C(C)(C)C)cc4)c3F)cn(C)c2=O)cc1. The Morgan fingerprint density at radius 1 is 1.00 bits per heavy atom. The lowest BCUT2D eigenvalue weighted by molar-refractivity contribution is 0.102. The van der Waals surface area contributed by atoms with Gasteiger partial charge in [-0.1, -0.05) is 51.1 Å². The zero-order valence-corrected chi connectivity index (χ0v) is 25.2. The van der Waals surface area contributed by atoms with E-state index in [0.717, 1.165) is 11.1 Å². The Kier molecular flexibility index (Phi) is 9.28. The number of hydrogen-bond donors (Lipinski definition) is 4. The number of hydrogen-bond acceptors (Lipinski definition) is 5. The number of amides is 3. The van der Waals surface area contributed by atoms with E-state index in [1.165, 1.54) is 22.9 Å². The quantitative estimate of drug-likeness (QED) is 0.195. The van der Waals surface area contributed by atoms with Gasteiger partial charge in [0, 0.05) is 36.6 Å². The minimum absolute atomic E-state index is 0.00139. The molecule has 1 heterocycles. The molecule has 224 valence electrons. The highest BCUT2D eigenvalue weighted by Crippen LogP contribution is 2.28. The molecular weight excluding hydrogens is 547 g/mol. The van der Waals surface area contributed by atoms with Crippen LogP contribution in [0, 0.1) is 5.82 Å². The number of anilines is 3. The van der Waals surface area contributed by atoms with Crippen molar-refractivity contribution in [2.75, 3.05) is 17.2 Å². The van der Waals surface area contributed by atoms with Crippen molar-refractivity contribution in [1.82, 2.24) is 20.2 Å². The molecule has 0 aliphatic heterocycles. The fourth-order valence-electron chi connectivity index (χ4n) is 4.44. The van der Waals surface area contributed by atoms with Crippen LogP contribution >= 0.6 is 0 Å². The molecule has 43 heavy (non-hydrogen) atoms. The van der Waals surface area contributed by atoms with Gasteiger partial charge in [-0.05, 0) is 66.8 Å². The molecule has 3 aromatic carbocycles. The van der Waals surface area contributed by atoms with Crippen molar-refractivity contribution in [2.24, 2.45) is 7.05 Å². The fourth-order valence-corrected chi connectivity index (χ4v) is 4.44. The lowest BCUT2D eigenvalue weighted by atomic mass is 9.87. The summed E-state index contributed by atoms with van der Waals surface area (Å²) in [6.07, 6.45) is 1.44. The Balaban J connectivity index is 1.55. The molecule has 3 amide bonds. The van der Waals surface area contributed by atoms with E-state index in [1.54, 1.807) is 37.4 Å². The summed E-state index contributed by atoms with van der Waals surface area (Å²) in [5.74, 6) is -1.10. The third-order valence-corrected chi connectivity index (χ3v) is 6.97. The molecule has 0 radical (unpaired) electrons. The molecule has 0 aliphatic rings. The number of nitrogens with zero attached hydrogens (tertiary/aromatic N) is 2. The first-order valence-corrected chi connectivity index (χ1v) is 14.1. The van der Waals surface area contributed by atoms with Gasteiger partial charge >= 0.3 is 6.03 Å². The Morgan fingerprint density at radius 3 is 2.30 bits per heavy atom. The molecule has 4 N–H and O–H groups in total. The molecule has 4 rings (SSSR count). The van der Waals surface area contributed by atoms with Crippen LogP contribution in [-0.4, -0.2) is 28.0 Å². The molecule has 10 heteroatoms. The molecule has 0 aliphatic carbocycles. The molecule has 0 fully saturated rings. The summed E-state index contributed by atoms with van der Waals surface area (Å²) in [6, 6.07) is 18.6. The van der Waals surface area contributed by atoms with E-state index < -0.39 is 17.3 Å². The molecule has 4 aromatic rings.